The van der Waals surface area contributed by atoms with Gasteiger partial charge in [-0.05, 0) is 54.4 Å². The number of hydroxylamine groups is 1. The monoisotopic (exact) mass is 538 g/mol. The predicted molar refractivity (Wildman–Crippen MR) is 125 cm³/mol. The summed E-state index contributed by atoms with van der Waals surface area (Å²) < 4.78 is 58.3. The van der Waals surface area contributed by atoms with E-state index in [1.807, 2.05) is 0 Å². The zero-order valence-electron chi connectivity index (χ0n) is 19.9. The Morgan fingerprint density at radius 1 is 1.16 bits per heavy atom. The molecule has 11 nitrogen and oxygen atoms in total. The van der Waals surface area contributed by atoms with Crippen molar-refractivity contribution in [1.29, 1.82) is 0 Å². The van der Waals surface area contributed by atoms with Crippen LogP contribution in [0.3, 0.4) is 0 Å². The molecule has 2 atom stereocenters. The van der Waals surface area contributed by atoms with Crippen molar-refractivity contribution in [2.75, 3.05) is 13.3 Å². The Kier molecular flexibility index (Phi) is 7.80. The lowest BCUT2D eigenvalue weighted by molar-refractivity contribution is -0.143. The highest BCUT2D eigenvalue weighted by Crippen LogP contribution is 2.44. The average Bonchev–Trinajstić information content (AvgIpc) is 3.43. The molecule has 1 saturated carbocycles. The molecule has 2 aromatic carbocycles. The lowest BCUT2D eigenvalue weighted by Gasteiger charge is -2.38. The van der Waals surface area contributed by atoms with E-state index in [1.165, 1.54) is 41.9 Å². The van der Waals surface area contributed by atoms with Crippen LogP contribution in [0.2, 0.25) is 0 Å². The fourth-order valence-electron chi connectivity index (χ4n) is 4.74. The summed E-state index contributed by atoms with van der Waals surface area (Å²) in [5, 5.41) is 18.7. The third-order valence-corrected chi connectivity index (χ3v) is 8.68. The molecular formula is C24H27FN2O9S. The average molecular weight is 539 g/mol. The molecule has 0 bridgehead atoms. The number of sulfonamides is 1. The Balaban J connectivity index is 1.61. The Morgan fingerprint density at radius 3 is 2.38 bits per heavy atom. The van der Waals surface area contributed by atoms with E-state index >= 15 is 0 Å². The third-order valence-electron chi connectivity index (χ3n) is 6.70. The lowest BCUT2D eigenvalue weighted by Crippen LogP contribution is -2.60. The van der Waals surface area contributed by atoms with Gasteiger partial charge in [-0.15, -0.1) is 0 Å². The van der Waals surface area contributed by atoms with Crippen molar-refractivity contribution >= 4 is 21.9 Å². The maximum Gasteiger partial charge on any atom is 0.304 e. The van der Waals surface area contributed by atoms with Crippen molar-refractivity contribution in [3.63, 3.8) is 0 Å². The minimum Gasteiger partial charge on any atom is -0.489 e. The van der Waals surface area contributed by atoms with Crippen LogP contribution in [0.5, 0.6) is 5.75 Å². The van der Waals surface area contributed by atoms with Gasteiger partial charge in [0.05, 0.1) is 23.5 Å². The Labute approximate surface area is 212 Å². The van der Waals surface area contributed by atoms with Crippen molar-refractivity contribution in [3.8, 4) is 5.75 Å². The second-order valence-corrected chi connectivity index (χ2v) is 10.8. The van der Waals surface area contributed by atoms with E-state index in [1.54, 1.807) is 13.0 Å². The molecule has 1 saturated heterocycles. The molecule has 1 aliphatic heterocycles. The standard InChI is InChI=1S/C24H27FN2O9S/c1-15-10-17(25)3-2-16(15)13-34-18-4-6-19(7-5-18)37(32,33)27(9-8-22(28)29)24(23(30)26-31)11-20-21(12-24)36-14-35-20/h2-7,10,20-21,31H,8-9,11-14H2,1H3,(H,26,30)(H,28,29). The van der Waals surface area contributed by atoms with Crippen molar-refractivity contribution in [2.24, 2.45) is 0 Å². The molecule has 2 fully saturated rings. The number of hydrogen-bond donors (Lipinski definition) is 3. The normalized spacial score (nSPS) is 23.1. The number of hydrogen-bond acceptors (Lipinski definition) is 8. The first-order valence-electron chi connectivity index (χ1n) is 11.5. The number of carbonyl (C=O) groups is 2. The summed E-state index contributed by atoms with van der Waals surface area (Å²) >= 11 is 0. The highest BCUT2D eigenvalue weighted by molar-refractivity contribution is 7.89. The fourth-order valence-corrected chi connectivity index (χ4v) is 6.50. The molecule has 0 aromatic heterocycles. The van der Waals surface area contributed by atoms with Crippen LogP contribution < -0.4 is 10.2 Å². The van der Waals surface area contributed by atoms with Gasteiger partial charge in [-0.3, -0.25) is 14.8 Å². The molecule has 3 N–H and O–H groups in total. The predicted octanol–water partition coefficient (Wildman–Crippen LogP) is 1.96. The summed E-state index contributed by atoms with van der Waals surface area (Å²) in [5.41, 5.74) is 1.17. The number of benzene rings is 2. The van der Waals surface area contributed by atoms with Gasteiger partial charge in [0.25, 0.3) is 5.91 Å². The number of carboxylic acid groups (broad SMARTS) is 1. The number of nitrogens with one attached hydrogen (secondary N) is 1. The quantitative estimate of drug-likeness (QED) is 0.304. The van der Waals surface area contributed by atoms with E-state index in [4.69, 9.17) is 14.2 Å². The molecule has 1 aliphatic carbocycles. The number of nitrogens with zero attached hydrogens (tertiary/aromatic N) is 1. The van der Waals surface area contributed by atoms with Crippen molar-refractivity contribution in [3.05, 3.63) is 59.4 Å². The van der Waals surface area contributed by atoms with Gasteiger partial charge in [0.1, 0.15) is 30.5 Å². The maximum absolute atomic E-state index is 13.8. The van der Waals surface area contributed by atoms with E-state index in [2.05, 4.69) is 0 Å². The Hall–Kier alpha value is -3.10. The lowest BCUT2D eigenvalue weighted by atomic mass is 9.95. The number of aryl methyl sites for hydroxylation is 1. The molecule has 4 rings (SSSR count). The Bertz CT molecular complexity index is 1260. The van der Waals surface area contributed by atoms with Gasteiger partial charge >= 0.3 is 5.97 Å². The van der Waals surface area contributed by atoms with E-state index < -0.39 is 52.6 Å². The number of fused-ring (bicyclic) bond motifs is 1. The van der Waals surface area contributed by atoms with Crippen LogP contribution in [0.1, 0.15) is 30.4 Å². The minimum absolute atomic E-state index is 0.00700. The van der Waals surface area contributed by atoms with Crippen molar-refractivity contribution < 1.29 is 46.9 Å². The van der Waals surface area contributed by atoms with Gasteiger partial charge in [0.15, 0.2) is 0 Å². The number of carbonyl (C=O) groups excluding carboxylic acids is 1. The summed E-state index contributed by atoms with van der Waals surface area (Å²) in [4.78, 5) is 24.0. The first kappa shape index (κ1) is 26.9. The summed E-state index contributed by atoms with van der Waals surface area (Å²) in [6, 6.07) is 9.71. The molecular weight excluding hydrogens is 511 g/mol. The van der Waals surface area contributed by atoms with E-state index in [0.29, 0.717) is 11.3 Å². The first-order chi connectivity index (χ1) is 17.6. The topological polar surface area (TPSA) is 152 Å². The first-order valence-corrected chi connectivity index (χ1v) is 12.9. The molecule has 1 amide bonds. The fraction of sp³-hybridized carbons (Fsp3) is 0.417. The SMILES string of the molecule is Cc1cc(F)ccc1COc1ccc(S(=O)(=O)N(CCC(=O)O)C2(C(=O)NO)CC3OCOC3C2)cc1. The molecule has 13 heteroatoms. The number of amides is 1. The molecule has 200 valence electrons. The number of carboxylic acids is 1. The second kappa shape index (κ2) is 10.7. The molecule has 0 spiro atoms. The van der Waals surface area contributed by atoms with Crippen LogP contribution in [0, 0.1) is 12.7 Å². The van der Waals surface area contributed by atoms with Crippen LogP contribution in [0.25, 0.3) is 0 Å². The van der Waals surface area contributed by atoms with Crippen LogP contribution in [0.15, 0.2) is 47.4 Å². The number of ether oxygens (including phenoxy) is 3. The maximum atomic E-state index is 13.8. The molecule has 1 heterocycles. The van der Waals surface area contributed by atoms with E-state index in [9.17, 15) is 32.7 Å². The number of rotatable bonds is 10. The van der Waals surface area contributed by atoms with Gasteiger partial charge < -0.3 is 19.3 Å². The smallest absolute Gasteiger partial charge is 0.304 e. The molecule has 2 aliphatic rings. The highest BCUT2D eigenvalue weighted by atomic mass is 32.2. The van der Waals surface area contributed by atoms with Gasteiger partial charge in [-0.1, -0.05) is 6.07 Å². The van der Waals surface area contributed by atoms with Gasteiger partial charge in [-0.2, -0.15) is 4.31 Å². The largest absolute Gasteiger partial charge is 0.489 e. The van der Waals surface area contributed by atoms with Gasteiger partial charge in [0.2, 0.25) is 10.0 Å². The minimum atomic E-state index is -4.43. The van der Waals surface area contributed by atoms with Crippen LogP contribution in [-0.2, 0) is 35.7 Å². The Morgan fingerprint density at radius 2 is 1.81 bits per heavy atom. The van der Waals surface area contributed by atoms with E-state index in [0.717, 1.165) is 9.87 Å². The van der Waals surface area contributed by atoms with Crippen molar-refractivity contribution in [1.82, 2.24) is 9.79 Å². The molecule has 2 aromatic rings. The number of halogens is 1. The highest BCUT2D eigenvalue weighted by Gasteiger charge is 2.59. The second-order valence-electron chi connectivity index (χ2n) is 8.96. The molecule has 0 radical (unpaired) electrons. The summed E-state index contributed by atoms with van der Waals surface area (Å²) in [6.07, 6.45) is -2.01. The number of aliphatic carboxylic acids is 1. The van der Waals surface area contributed by atoms with Crippen LogP contribution in [-0.4, -0.2) is 66.0 Å². The van der Waals surface area contributed by atoms with Crippen molar-refractivity contribution in [2.45, 2.75) is 55.4 Å². The summed E-state index contributed by atoms with van der Waals surface area (Å²) in [7, 11) is -4.43. The van der Waals surface area contributed by atoms with Gasteiger partial charge in [-0.25, -0.2) is 18.3 Å². The summed E-state index contributed by atoms with van der Waals surface area (Å²) in [6.45, 7) is 1.35. The molecule has 2 unspecified atom stereocenters. The van der Waals surface area contributed by atoms with Gasteiger partial charge in [0, 0.05) is 19.4 Å². The van der Waals surface area contributed by atoms with Crippen LogP contribution in [0.4, 0.5) is 4.39 Å². The zero-order valence-corrected chi connectivity index (χ0v) is 20.7. The summed E-state index contributed by atoms with van der Waals surface area (Å²) in [5.74, 6) is -2.28. The van der Waals surface area contributed by atoms with E-state index in [-0.39, 0.29) is 37.0 Å². The van der Waals surface area contributed by atoms with Crippen LogP contribution >= 0.6 is 0 Å². The third kappa shape index (κ3) is 5.45. The molecule has 37 heavy (non-hydrogen) atoms. The zero-order chi connectivity index (χ0) is 26.8.